The molecule has 0 unspecified atom stereocenters. The molecular weight excluding hydrogens is 228 g/mol. The first-order chi connectivity index (χ1) is 6.18. The molecule has 1 aromatic heterocycles. The molecule has 0 amide bonds. The minimum absolute atomic E-state index is 0.514. The average molecular weight is 239 g/mol. The van der Waals surface area contributed by atoms with Crippen LogP contribution in [0.1, 0.15) is 25.3 Å². The third-order valence-electron chi connectivity index (χ3n) is 2.17. The molecule has 1 aromatic carbocycles. The molecule has 3 heteroatoms. The predicted molar refractivity (Wildman–Crippen MR) is 57.9 cm³/mol. The quantitative estimate of drug-likeness (QED) is 0.811. The molecule has 0 atom stereocenters. The van der Waals surface area contributed by atoms with E-state index in [1.165, 1.54) is 5.56 Å². The number of nitrogens with one attached hydrogen (secondary N) is 1. The lowest BCUT2D eigenvalue weighted by Crippen LogP contribution is -1.89. The Morgan fingerprint density at radius 1 is 1.38 bits per heavy atom. The SMILES string of the molecule is CC(C)c1cc(Br)cc2cn[nH]c12. The molecule has 0 bridgehead atoms. The van der Waals surface area contributed by atoms with E-state index in [2.05, 4.69) is 52.1 Å². The second-order valence-corrected chi connectivity index (χ2v) is 4.40. The van der Waals surface area contributed by atoms with Crippen molar-refractivity contribution in [1.82, 2.24) is 10.2 Å². The number of fused-ring (bicyclic) bond motifs is 1. The number of aromatic amines is 1. The van der Waals surface area contributed by atoms with Crippen LogP contribution in [0, 0.1) is 0 Å². The van der Waals surface area contributed by atoms with Crippen molar-refractivity contribution in [3.63, 3.8) is 0 Å². The van der Waals surface area contributed by atoms with E-state index >= 15 is 0 Å². The van der Waals surface area contributed by atoms with E-state index in [4.69, 9.17) is 0 Å². The molecule has 0 spiro atoms. The third-order valence-corrected chi connectivity index (χ3v) is 2.62. The minimum atomic E-state index is 0.514. The maximum Gasteiger partial charge on any atom is 0.0685 e. The van der Waals surface area contributed by atoms with Crippen molar-refractivity contribution >= 4 is 26.8 Å². The number of benzene rings is 1. The Labute approximate surface area is 85.5 Å². The van der Waals surface area contributed by atoms with Gasteiger partial charge in [-0.3, -0.25) is 5.10 Å². The Kier molecular flexibility index (Phi) is 2.12. The number of H-pyrrole nitrogens is 1. The molecule has 0 saturated carbocycles. The first-order valence-corrected chi connectivity index (χ1v) is 5.10. The van der Waals surface area contributed by atoms with Gasteiger partial charge in [-0.2, -0.15) is 5.10 Å². The number of nitrogens with zero attached hydrogens (tertiary/aromatic N) is 1. The van der Waals surface area contributed by atoms with Crippen LogP contribution in [-0.2, 0) is 0 Å². The summed E-state index contributed by atoms with van der Waals surface area (Å²) in [7, 11) is 0. The Morgan fingerprint density at radius 2 is 2.15 bits per heavy atom. The topological polar surface area (TPSA) is 28.7 Å². The molecule has 0 aliphatic heterocycles. The summed E-state index contributed by atoms with van der Waals surface area (Å²) in [5.74, 6) is 0.514. The molecular formula is C10H11BrN2. The molecule has 0 aliphatic rings. The van der Waals surface area contributed by atoms with Crippen molar-refractivity contribution in [2.45, 2.75) is 19.8 Å². The largest absolute Gasteiger partial charge is 0.278 e. The molecule has 1 heterocycles. The summed E-state index contributed by atoms with van der Waals surface area (Å²) in [6.07, 6.45) is 1.85. The van der Waals surface area contributed by atoms with Crippen LogP contribution in [0.2, 0.25) is 0 Å². The van der Waals surface area contributed by atoms with Gasteiger partial charge in [0.25, 0.3) is 0 Å². The Hall–Kier alpha value is -0.830. The van der Waals surface area contributed by atoms with Gasteiger partial charge in [-0.15, -0.1) is 0 Å². The maximum absolute atomic E-state index is 4.04. The van der Waals surface area contributed by atoms with Crippen LogP contribution in [-0.4, -0.2) is 10.2 Å². The summed E-state index contributed by atoms with van der Waals surface area (Å²) in [5.41, 5.74) is 2.46. The molecule has 2 nitrogen and oxygen atoms in total. The maximum atomic E-state index is 4.04. The van der Waals surface area contributed by atoms with Crippen LogP contribution in [0.4, 0.5) is 0 Å². The average Bonchev–Trinajstić information content (AvgIpc) is 2.49. The van der Waals surface area contributed by atoms with Crippen molar-refractivity contribution in [3.8, 4) is 0 Å². The number of hydrogen-bond donors (Lipinski definition) is 1. The lowest BCUT2D eigenvalue weighted by Gasteiger charge is -2.06. The van der Waals surface area contributed by atoms with Gasteiger partial charge < -0.3 is 0 Å². The van der Waals surface area contributed by atoms with Crippen molar-refractivity contribution in [2.75, 3.05) is 0 Å². The van der Waals surface area contributed by atoms with Gasteiger partial charge >= 0.3 is 0 Å². The highest BCUT2D eigenvalue weighted by Crippen LogP contribution is 2.27. The highest BCUT2D eigenvalue weighted by Gasteiger charge is 2.07. The van der Waals surface area contributed by atoms with E-state index in [-0.39, 0.29) is 0 Å². The van der Waals surface area contributed by atoms with Gasteiger partial charge in [0.15, 0.2) is 0 Å². The number of halogens is 1. The van der Waals surface area contributed by atoms with Crippen LogP contribution >= 0.6 is 15.9 Å². The van der Waals surface area contributed by atoms with E-state index < -0.39 is 0 Å². The van der Waals surface area contributed by atoms with E-state index in [9.17, 15) is 0 Å². The third kappa shape index (κ3) is 1.48. The van der Waals surface area contributed by atoms with Crippen molar-refractivity contribution in [1.29, 1.82) is 0 Å². The van der Waals surface area contributed by atoms with Crippen LogP contribution in [0.15, 0.2) is 22.8 Å². The summed E-state index contributed by atoms with van der Waals surface area (Å²) in [5, 5.41) is 8.23. The van der Waals surface area contributed by atoms with Crippen LogP contribution in [0.5, 0.6) is 0 Å². The fourth-order valence-electron chi connectivity index (χ4n) is 1.50. The van der Waals surface area contributed by atoms with Crippen molar-refractivity contribution in [2.24, 2.45) is 0 Å². The summed E-state index contributed by atoms with van der Waals surface area (Å²) in [6.45, 7) is 4.37. The van der Waals surface area contributed by atoms with E-state index in [0.717, 1.165) is 15.4 Å². The molecule has 0 fully saturated rings. The van der Waals surface area contributed by atoms with Gasteiger partial charge in [0, 0.05) is 9.86 Å². The van der Waals surface area contributed by atoms with Crippen molar-refractivity contribution < 1.29 is 0 Å². The first kappa shape index (κ1) is 8.75. The summed E-state index contributed by atoms with van der Waals surface area (Å²) >= 11 is 3.49. The monoisotopic (exact) mass is 238 g/mol. The molecule has 2 rings (SSSR count). The summed E-state index contributed by atoms with van der Waals surface area (Å²) in [6, 6.07) is 4.22. The Balaban J connectivity index is 2.77. The lowest BCUT2D eigenvalue weighted by atomic mass is 10.0. The van der Waals surface area contributed by atoms with E-state index in [1.54, 1.807) is 0 Å². The minimum Gasteiger partial charge on any atom is -0.278 e. The second-order valence-electron chi connectivity index (χ2n) is 3.48. The highest BCUT2D eigenvalue weighted by atomic mass is 79.9. The number of aromatic nitrogens is 2. The van der Waals surface area contributed by atoms with Crippen LogP contribution in [0.25, 0.3) is 10.9 Å². The standard InChI is InChI=1S/C10H11BrN2/c1-6(2)9-4-8(11)3-7-5-12-13-10(7)9/h3-6H,1-2H3,(H,12,13). The normalized spacial score (nSPS) is 11.4. The van der Waals surface area contributed by atoms with Crippen LogP contribution in [0.3, 0.4) is 0 Å². The Bertz CT molecular complexity index is 431. The molecule has 0 aliphatic carbocycles. The lowest BCUT2D eigenvalue weighted by molar-refractivity contribution is 0.870. The molecule has 0 saturated heterocycles. The summed E-state index contributed by atoms with van der Waals surface area (Å²) < 4.78 is 1.12. The van der Waals surface area contributed by atoms with E-state index in [0.29, 0.717) is 5.92 Å². The first-order valence-electron chi connectivity index (χ1n) is 4.31. The number of rotatable bonds is 1. The molecule has 1 N–H and O–H groups in total. The van der Waals surface area contributed by atoms with Gasteiger partial charge in [-0.05, 0) is 23.6 Å². The van der Waals surface area contributed by atoms with Gasteiger partial charge in [-0.1, -0.05) is 29.8 Å². The fourth-order valence-corrected chi connectivity index (χ4v) is 2.00. The zero-order chi connectivity index (χ0) is 9.42. The second kappa shape index (κ2) is 3.14. The molecule has 68 valence electrons. The van der Waals surface area contributed by atoms with Gasteiger partial charge in [0.2, 0.25) is 0 Å². The zero-order valence-corrected chi connectivity index (χ0v) is 9.22. The summed E-state index contributed by atoms with van der Waals surface area (Å²) in [4.78, 5) is 0. The number of hydrogen-bond acceptors (Lipinski definition) is 1. The predicted octanol–water partition coefficient (Wildman–Crippen LogP) is 3.45. The Morgan fingerprint density at radius 3 is 2.85 bits per heavy atom. The highest BCUT2D eigenvalue weighted by molar-refractivity contribution is 9.10. The van der Waals surface area contributed by atoms with E-state index in [1.807, 2.05) is 6.20 Å². The fraction of sp³-hybridized carbons (Fsp3) is 0.300. The van der Waals surface area contributed by atoms with Gasteiger partial charge in [-0.25, -0.2) is 0 Å². The smallest absolute Gasteiger partial charge is 0.0685 e. The molecule has 2 aromatic rings. The van der Waals surface area contributed by atoms with Crippen LogP contribution < -0.4 is 0 Å². The van der Waals surface area contributed by atoms with Gasteiger partial charge in [0.05, 0.1) is 11.7 Å². The zero-order valence-electron chi connectivity index (χ0n) is 7.63. The van der Waals surface area contributed by atoms with Gasteiger partial charge in [0.1, 0.15) is 0 Å². The van der Waals surface area contributed by atoms with Crippen molar-refractivity contribution in [3.05, 3.63) is 28.4 Å². The molecule has 13 heavy (non-hydrogen) atoms. The molecule has 0 radical (unpaired) electrons.